The Hall–Kier alpha value is -0.610. The molecular weight excluding hydrogens is 202 g/mol. The molecule has 4 heteroatoms. The molecule has 16 heavy (non-hydrogen) atoms. The highest BCUT2D eigenvalue weighted by molar-refractivity contribution is 5.84. The van der Waals surface area contributed by atoms with Crippen molar-refractivity contribution >= 4 is 5.91 Å². The second-order valence-electron chi connectivity index (χ2n) is 4.67. The first kappa shape index (κ1) is 15.4. The van der Waals surface area contributed by atoms with Crippen molar-refractivity contribution < 1.29 is 4.79 Å². The Morgan fingerprint density at radius 2 is 2.00 bits per heavy atom. The molecule has 0 aliphatic heterocycles. The minimum atomic E-state index is -0.615. The van der Waals surface area contributed by atoms with E-state index >= 15 is 0 Å². The second-order valence-corrected chi connectivity index (χ2v) is 4.67. The van der Waals surface area contributed by atoms with Crippen molar-refractivity contribution in [3.8, 4) is 0 Å². The van der Waals surface area contributed by atoms with E-state index in [0.717, 1.165) is 13.1 Å². The molecule has 0 aliphatic carbocycles. The molecule has 1 unspecified atom stereocenters. The van der Waals surface area contributed by atoms with Crippen LogP contribution in [0.2, 0.25) is 0 Å². The first-order valence-corrected chi connectivity index (χ1v) is 6.19. The van der Waals surface area contributed by atoms with Crippen LogP contribution in [0.15, 0.2) is 0 Å². The predicted octanol–water partition coefficient (Wildman–Crippen LogP) is 0.962. The van der Waals surface area contributed by atoms with Gasteiger partial charge in [0.15, 0.2) is 0 Å². The van der Waals surface area contributed by atoms with E-state index in [1.807, 2.05) is 20.9 Å². The van der Waals surface area contributed by atoms with Gasteiger partial charge in [0.25, 0.3) is 0 Å². The topological polar surface area (TPSA) is 58.4 Å². The average molecular weight is 229 g/mol. The minimum Gasteiger partial charge on any atom is -0.368 e. The lowest BCUT2D eigenvalue weighted by atomic mass is 10.0. The first-order valence-electron chi connectivity index (χ1n) is 6.19. The number of carbonyl (C=O) groups excluding carboxylic acids is 1. The molecule has 0 bridgehead atoms. The van der Waals surface area contributed by atoms with Crippen molar-refractivity contribution in [3.05, 3.63) is 0 Å². The Morgan fingerprint density at radius 3 is 2.44 bits per heavy atom. The summed E-state index contributed by atoms with van der Waals surface area (Å²) < 4.78 is 0. The number of hydrogen-bond donors (Lipinski definition) is 2. The molecular formula is C12H27N3O. The van der Waals surface area contributed by atoms with E-state index in [4.69, 9.17) is 5.73 Å². The molecule has 0 radical (unpaired) electrons. The van der Waals surface area contributed by atoms with Gasteiger partial charge >= 0.3 is 0 Å². The van der Waals surface area contributed by atoms with Crippen LogP contribution < -0.4 is 11.1 Å². The van der Waals surface area contributed by atoms with E-state index in [-0.39, 0.29) is 5.91 Å². The van der Waals surface area contributed by atoms with Crippen LogP contribution in [0.3, 0.4) is 0 Å². The molecule has 0 aromatic heterocycles. The monoisotopic (exact) mass is 229 g/mol. The summed E-state index contributed by atoms with van der Waals surface area (Å²) in [6.07, 6.45) is 3.63. The Morgan fingerprint density at radius 1 is 1.38 bits per heavy atom. The number of likely N-dealkylation sites (N-methyl/N-ethyl adjacent to an activating group) is 2. The number of carbonyl (C=O) groups is 1. The van der Waals surface area contributed by atoms with Crippen LogP contribution in [0.4, 0.5) is 0 Å². The SMILES string of the molecule is CCCCCN(C)CC(C)(NCC)C(N)=O. The summed E-state index contributed by atoms with van der Waals surface area (Å²) in [5.41, 5.74) is 4.82. The maximum atomic E-state index is 11.4. The van der Waals surface area contributed by atoms with Gasteiger partial charge in [0.1, 0.15) is 5.54 Å². The zero-order valence-corrected chi connectivity index (χ0v) is 11.2. The summed E-state index contributed by atoms with van der Waals surface area (Å²) in [6.45, 7) is 8.48. The highest BCUT2D eigenvalue weighted by Gasteiger charge is 2.30. The van der Waals surface area contributed by atoms with E-state index < -0.39 is 5.54 Å². The fourth-order valence-electron chi connectivity index (χ4n) is 1.86. The number of nitrogens with two attached hydrogens (primary N) is 1. The molecule has 96 valence electrons. The number of nitrogens with one attached hydrogen (secondary N) is 1. The summed E-state index contributed by atoms with van der Waals surface area (Å²) in [6, 6.07) is 0. The van der Waals surface area contributed by atoms with Crippen LogP contribution in [-0.2, 0) is 4.79 Å². The van der Waals surface area contributed by atoms with Crippen LogP contribution in [0.25, 0.3) is 0 Å². The molecule has 1 atom stereocenters. The first-order chi connectivity index (χ1) is 7.46. The summed E-state index contributed by atoms with van der Waals surface area (Å²) in [5.74, 6) is -0.281. The number of unbranched alkanes of at least 4 members (excludes halogenated alkanes) is 2. The van der Waals surface area contributed by atoms with Gasteiger partial charge in [0, 0.05) is 6.54 Å². The lowest BCUT2D eigenvalue weighted by Gasteiger charge is -2.31. The van der Waals surface area contributed by atoms with Crippen molar-refractivity contribution in [1.29, 1.82) is 0 Å². The lowest BCUT2D eigenvalue weighted by Crippen LogP contribution is -2.59. The van der Waals surface area contributed by atoms with Crippen molar-refractivity contribution in [2.45, 2.75) is 45.6 Å². The van der Waals surface area contributed by atoms with Crippen molar-refractivity contribution in [1.82, 2.24) is 10.2 Å². The molecule has 1 amide bonds. The summed E-state index contributed by atoms with van der Waals surface area (Å²) in [4.78, 5) is 13.6. The largest absolute Gasteiger partial charge is 0.368 e. The highest BCUT2D eigenvalue weighted by atomic mass is 16.1. The van der Waals surface area contributed by atoms with Gasteiger partial charge in [0.2, 0.25) is 5.91 Å². The van der Waals surface area contributed by atoms with Crippen molar-refractivity contribution in [2.24, 2.45) is 5.73 Å². The Balaban J connectivity index is 4.13. The fraction of sp³-hybridized carbons (Fsp3) is 0.917. The van der Waals surface area contributed by atoms with E-state index in [9.17, 15) is 4.79 Å². The molecule has 0 saturated heterocycles. The van der Waals surface area contributed by atoms with Gasteiger partial charge in [0.05, 0.1) is 0 Å². The van der Waals surface area contributed by atoms with Crippen molar-refractivity contribution in [2.75, 3.05) is 26.7 Å². The highest BCUT2D eigenvalue weighted by Crippen LogP contribution is 2.06. The summed E-state index contributed by atoms with van der Waals surface area (Å²) in [7, 11) is 2.04. The molecule has 0 spiro atoms. The molecule has 0 aliphatic rings. The van der Waals surface area contributed by atoms with Gasteiger partial charge in [-0.05, 0) is 33.5 Å². The van der Waals surface area contributed by atoms with Crippen LogP contribution in [0.1, 0.15) is 40.0 Å². The van der Waals surface area contributed by atoms with E-state index in [1.54, 1.807) is 0 Å². The zero-order valence-electron chi connectivity index (χ0n) is 11.2. The third-order valence-corrected chi connectivity index (χ3v) is 2.84. The van der Waals surface area contributed by atoms with Gasteiger partial charge < -0.3 is 16.0 Å². The second kappa shape index (κ2) is 7.63. The number of nitrogens with zero attached hydrogens (tertiary/aromatic N) is 1. The van der Waals surface area contributed by atoms with Gasteiger partial charge in [-0.25, -0.2) is 0 Å². The van der Waals surface area contributed by atoms with Gasteiger partial charge in [-0.2, -0.15) is 0 Å². The summed E-state index contributed by atoms with van der Waals surface area (Å²) in [5, 5.41) is 3.16. The molecule has 0 aromatic rings. The van der Waals surface area contributed by atoms with Gasteiger partial charge in [-0.3, -0.25) is 4.79 Å². The lowest BCUT2D eigenvalue weighted by molar-refractivity contribution is -0.124. The summed E-state index contributed by atoms with van der Waals surface area (Å²) >= 11 is 0. The van der Waals surface area contributed by atoms with E-state index in [1.165, 1.54) is 19.3 Å². The smallest absolute Gasteiger partial charge is 0.238 e. The molecule has 3 N–H and O–H groups in total. The van der Waals surface area contributed by atoms with Crippen LogP contribution in [0.5, 0.6) is 0 Å². The maximum absolute atomic E-state index is 11.4. The molecule has 0 saturated carbocycles. The fourth-order valence-corrected chi connectivity index (χ4v) is 1.86. The molecule has 4 nitrogen and oxygen atoms in total. The van der Waals surface area contributed by atoms with Crippen LogP contribution in [0, 0.1) is 0 Å². The van der Waals surface area contributed by atoms with Crippen molar-refractivity contribution in [3.63, 3.8) is 0 Å². The number of primary amides is 1. The van der Waals surface area contributed by atoms with Crippen LogP contribution in [-0.4, -0.2) is 43.0 Å². The average Bonchev–Trinajstić information content (AvgIpc) is 2.18. The van der Waals surface area contributed by atoms with E-state index in [2.05, 4.69) is 17.1 Å². The van der Waals surface area contributed by atoms with E-state index in [0.29, 0.717) is 6.54 Å². The quantitative estimate of drug-likeness (QED) is 0.579. The Labute approximate surface area is 99.6 Å². The number of amides is 1. The zero-order chi connectivity index (χ0) is 12.6. The number of rotatable bonds is 9. The third kappa shape index (κ3) is 5.47. The molecule has 0 aromatic carbocycles. The van der Waals surface area contributed by atoms with Gasteiger partial charge in [-0.15, -0.1) is 0 Å². The maximum Gasteiger partial charge on any atom is 0.238 e. The molecule has 0 rings (SSSR count). The molecule has 0 heterocycles. The molecule has 0 fully saturated rings. The normalized spacial score (nSPS) is 15.1. The number of hydrogen-bond acceptors (Lipinski definition) is 3. The minimum absolute atomic E-state index is 0.281. The third-order valence-electron chi connectivity index (χ3n) is 2.84. The van der Waals surface area contributed by atoms with Crippen LogP contribution >= 0.6 is 0 Å². The predicted molar refractivity (Wildman–Crippen MR) is 68.3 cm³/mol. The Bertz CT molecular complexity index is 208. The Kier molecular flexibility index (Phi) is 7.34. The standard InChI is InChI=1S/C12H27N3O/c1-5-7-8-9-15(4)10-12(3,11(13)16)14-6-2/h14H,5-10H2,1-4H3,(H2,13,16). The van der Waals surface area contributed by atoms with Gasteiger partial charge in [-0.1, -0.05) is 26.7 Å².